The van der Waals surface area contributed by atoms with Gasteiger partial charge in [0, 0.05) is 18.4 Å². The molecule has 1 atom stereocenters. The first-order valence-corrected chi connectivity index (χ1v) is 7.10. The van der Waals surface area contributed by atoms with E-state index in [1.807, 2.05) is 6.92 Å². The SMILES string of the molecule is COc1ccc(C(=O)C2(CCC(=O)O)CCC(=O)N2)cc1C. The third-order valence-corrected chi connectivity index (χ3v) is 4.01. The number of aliphatic carboxylic acids is 1. The first-order chi connectivity index (χ1) is 10.4. The summed E-state index contributed by atoms with van der Waals surface area (Å²) < 4.78 is 5.17. The second-order valence-electron chi connectivity index (χ2n) is 5.54. The molecule has 1 fully saturated rings. The minimum absolute atomic E-state index is 0.0952. The third-order valence-electron chi connectivity index (χ3n) is 4.01. The molecule has 1 saturated heterocycles. The van der Waals surface area contributed by atoms with Crippen LogP contribution in [0.5, 0.6) is 5.75 Å². The Morgan fingerprint density at radius 1 is 1.41 bits per heavy atom. The van der Waals surface area contributed by atoms with E-state index in [0.717, 1.165) is 5.56 Å². The number of carbonyl (C=O) groups is 3. The maximum atomic E-state index is 12.8. The lowest BCUT2D eigenvalue weighted by Crippen LogP contribution is -2.49. The van der Waals surface area contributed by atoms with Crippen LogP contribution in [0.3, 0.4) is 0 Å². The lowest BCUT2D eigenvalue weighted by atomic mass is 9.83. The molecule has 1 heterocycles. The molecule has 22 heavy (non-hydrogen) atoms. The molecule has 2 N–H and O–H groups in total. The van der Waals surface area contributed by atoms with Crippen LogP contribution in [0.1, 0.15) is 41.6 Å². The lowest BCUT2D eigenvalue weighted by Gasteiger charge is -2.27. The quantitative estimate of drug-likeness (QED) is 0.780. The third kappa shape index (κ3) is 3.10. The van der Waals surface area contributed by atoms with E-state index in [4.69, 9.17) is 9.84 Å². The Morgan fingerprint density at radius 2 is 2.14 bits per heavy atom. The van der Waals surface area contributed by atoms with Crippen molar-refractivity contribution < 1.29 is 24.2 Å². The molecule has 6 heteroatoms. The smallest absolute Gasteiger partial charge is 0.303 e. The van der Waals surface area contributed by atoms with Crippen molar-refractivity contribution in [1.82, 2.24) is 5.32 Å². The van der Waals surface area contributed by atoms with Crippen LogP contribution in [-0.4, -0.2) is 35.4 Å². The van der Waals surface area contributed by atoms with Crippen molar-refractivity contribution >= 4 is 17.7 Å². The molecular weight excluding hydrogens is 286 g/mol. The molecule has 1 aromatic rings. The van der Waals surface area contributed by atoms with Gasteiger partial charge in [-0.2, -0.15) is 0 Å². The predicted octanol–water partition coefficient (Wildman–Crippen LogP) is 1.70. The van der Waals surface area contributed by atoms with E-state index in [-0.39, 0.29) is 31.0 Å². The molecule has 118 valence electrons. The summed E-state index contributed by atoms with van der Waals surface area (Å²) in [5.41, 5.74) is 0.146. The van der Waals surface area contributed by atoms with Crippen molar-refractivity contribution in [1.29, 1.82) is 0 Å². The summed E-state index contributed by atoms with van der Waals surface area (Å²) in [5, 5.41) is 11.6. The summed E-state index contributed by atoms with van der Waals surface area (Å²) in [6.07, 6.45) is 0.489. The Bertz CT molecular complexity index is 625. The van der Waals surface area contributed by atoms with E-state index in [0.29, 0.717) is 17.7 Å². The fourth-order valence-electron chi connectivity index (χ4n) is 2.81. The highest BCUT2D eigenvalue weighted by Gasteiger charge is 2.44. The van der Waals surface area contributed by atoms with Gasteiger partial charge in [-0.05, 0) is 43.5 Å². The number of carboxylic acid groups (broad SMARTS) is 1. The number of carboxylic acids is 1. The molecule has 0 saturated carbocycles. The van der Waals surface area contributed by atoms with Gasteiger partial charge >= 0.3 is 5.97 Å². The molecule has 0 aliphatic carbocycles. The molecule has 1 amide bonds. The first-order valence-electron chi connectivity index (χ1n) is 7.10. The number of nitrogens with one attached hydrogen (secondary N) is 1. The normalized spacial score (nSPS) is 20.5. The van der Waals surface area contributed by atoms with Crippen LogP contribution >= 0.6 is 0 Å². The van der Waals surface area contributed by atoms with Gasteiger partial charge in [-0.1, -0.05) is 0 Å². The number of hydrogen-bond donors (Lipinski definition) is 2. The van der Waals surface area contributed by atoms with Gasteiger partial charge in [-0.25, -0.2) is 0 Å². The Balaban J connectivity index is 2.31. The molecular formula is C16H19NO5. The second-order valence-corrected chi connectivity index (χ2v) is 5.54. The number of rotatable bonds is 6. The zero-order valence-electron chi connectivity index (χ0n) is 12.6. The van der Waals surface area contributed by atoms with Crippen LogP contribution in [0, 0.1) is 6.92 Å². The fourth-order valence-corrected chi connectivity index (χ4v) is 2.81. The van der Waals surface area contributed by atoms with Crippen molar-refractivity contribution in [2.24, 2.45) is 0 Å². The highest BCUT2D eigenvalue weighted by atomic mass is 16.5. The van der Waals surface area contributed by atoms with Crippen molar-refractivity contribution in [3.05, 3.63) is 29.3 Å². The summed E-state index contributed by atoms with van der Waals surface area (Å²) in [5.74, 6) is -0.778. The Labute approximate surface area is 128 Å². The average Bonchev–Trinajstić information content (AvgIpc) is 2.87. The van der Waals surface area contributed by atoms with Crippen LogP contribution in [0.2, 0.25) is 0 Å². The fraction of sp³-hybridized carbons (Fsp3) is 0.438. The Morgan fingerprint density at radius 3 is 2.64 bits per heavy atom. The maximum Gasteiger partial charge on any atom is 0.303 e. The van der Waals surface area contributed by atoms with Gasteiger partial charge in [0.05, 0.1) is 7.11 Å². The number of carbonyl (C=O) groups excluding carboxylic acids is 2. The summed E-state index contributed by atoms with van der Waals surface area (Å²) in [7, 11) is 1.55. The first kappa shape index (κ1) is 16.0. The van der Waals surface area contributed by atoms with E-state index < -0.39 is 11.5 Å². The second kappa shape index (κ2) is 6.17. The Hall–Kier alpha value is -2.37. The number of aryl methyl sites for hydroxylation is 1. The molecule has 6 nitrogen and oxygen atoms in total. The van der Waals surface area contributed by atoms with E-state index in [9.17, 15) is 14.4 Å². The highest BCUT2D eigenvalue weighted by molar-refractivity contribution is 6.07. The predicted molar refractivity (Wildman–Crippen MR) is 79.0 cm³/mol. The standard InChI is InChI=1S/C16H19NO5/c1-10-9-11(3-4-12(10)22-2)15(21)16(8-6-14(19)20)7-5-13(18)17-16/h3-4,9H,5-8H2,1-2H3,(H,17,18)(H,19,20). The largest absolute Gasteiger partial charge is 0.496 e. The molecule has 0 radical (unpaired) electrons. The van der Waals surface area contributed by atoms with Crippen LogP contribution in [0.4, 0.5) is 0 Å². The van der Waals surface area contributed by atoms with Gasteiger partial charge in [0.2, 0.25) is 5.91 Å². The minimum atomic E-state index is -1.11. The van der Waals surface area contributed by atoms with Gasteiger partial charge in [-0.15, -0.1) is 0 Å². The molecule has 0 aromatic heterocycles. The maximum absolute atomic E-state index is 12.8. The molecule has 1 aliphatic heterocycles. The monoisotopic (exact) mass is 305 g/mol. The van der Waals surface area contributed by atoms with Crippen molar-refractivity contribution in [3.63, 3.8) is 0 Å². The van der Waals surface area contributed by atoms with Crippen molar-refractivity contribution in [2.45, 2.75) is 38.1 Å². The zero-order chi connectivity index (χ0) is 16.3. The van der Waals surface area contributed by atoms with E-state index >= 15 is 0 Å². The zero-order valence-corrected chi connectivity index (χ0v) is 12.6. The average molecular weight is 305 g/mol. The number of Topliss-reactive ketones (excluding diaryl/α,β-unsaturated/α-hetero) is 1. The lowest BCUT2D eigenvalue weighted by molar-refractivity contribution is -0.137. The van der Waals surface area contributed by atoms with Crippen LogP contribution in [0.15, 0.2) is 18.2 Å². The Kier molecular flexibility index (Phi) is 4.49. The van der Waals surface area contributed by atoms with Crippen molar-refractivity contribution in [2.75, 3.05) is 7.11 Å². The number of ether oxygens (including phenoxy) is 1. The molecule has 0 spiro atoms. The van der Waals surface area contributed by atoms with E-state index in [1.165, 1.54) is 0 Å². The molecule has 2 rings (SSSR count). The number of hydrogen-bond acceptors (Lipinski definition) is 4. The van der Waals surface area contributed by atoms with Crippen LogP contribution in [0.25, 0.3) is 0 Å². The van der Waals surface area contributed by atoms with Crippen molar-refractivity contribution in [3.8, 4) is 5.75 Å². The number of amides is 1. The molecule has 1 aliphatic rings. The van der Waals surface area contributed by atoms with Gasteiger partial charge in [0.1, 0.15) is 11.3 Å². The summed E-state index contributed by atoms with van der Waals surface area (Å²) in [6, 6.07) is 5.04. The number of ketones is 1. The summed E-state index contributed by atoms with van der Waals surface area (Å²) in [4.78, 5) is 35.2. The topological polar surface area (TPSA) is 92.7 Å². The summed E-state index contributed by atoms with van der Waals surface area (Å²) >= 11 is 0. The van der Waals surface area contributed by atoms with Gasteiger partial charge in [-0.3, -0.25) is 14.4 Å². The number of methoxy groups -OCH3 is 1. The van der Waals surface area contributed by atoms with Gasteiger partial charge in [0.25, 0.3) is 0 Å². The van der Waals surface area contributed by atoms with E-state index in [2.05, 4.69) is 5.32 Å². The minimum Gasteiger partial charge on any atom is -0.496 e. The number of benzene rings is 1. The molecule has 0 bridgehead atoms. The van der Waals surface area contributed by atoms with Gasteiger partial charge in [0.15, 0.2) is 5.78 Å². The van der Waals surface area contributed by atoms with Crippen LogP contribution in [-0.2, 0) is 9.59 Å². The molecule has 1 unspecified atom stereocenters. The van der Waals surface area contributed by atoms with E-state index in [1.54, 1.807) is 25.3 Å². The highest BCUT2D eigenvalue weighted by Crippen LogP contribution is 2.31. The summed E-state index contributed by atoms with van der Waals surface area (Å²) in [6.45, 7) is 1.83. The van der Waals surface area contributed by atoms with Crippen LogP contribution < -0.4 is 10.1 Å². The molecule has 1 aromatic carbocycles. The van der Waals surface area contributed by atoms with Gasteiger partial charge < -0.3 is 15.2 Å².